The van der Waals surface area contributed by atoms with Crippen molar-refractivity contribution in [3.8, 4) is 0 Å². The quantitative estimate of drug-likeness (QED) is 0.728. The van der Waals surface area contributed by atoms with Gasteiger partial charge in [-0.25, -0.2) is 4.98 Å². The number of hydrogen-bond donors (Lipinski definition) is 1. The Labute approximate surface area is 160 Å². The van der Waals surface area contributed by atoms with Crippen molar-refractivity contribution in [1.29, 1.82) is 0 Å². The number of carbonyl (C=O) groups excluding carboxylic acids is 2. The number of benzene rings is 1. The molecule has 9 nitrogen and oxygen atoms in total. The Morgan fingerprint density at radius 3 is 2.57 bits per heavy atom. The van der Waals surface area contributed by atoms with Crippen LogP contribution in [0.4, 0.5) is 5.69 Å². The van der Waals surface area contributed by atoms with Gasteiger partial charge in [0, 0.05) is 31.4 Å². The first-order chi connectivity index (χ1) is 13.5. The highest BCUT2D eigenvalue weighted by molar-refractivity contribution is 5.96. The fraction of sp³-hybridized carbons (Fsp3) is 0.316. The molecule has 28 heavy (non-hydrogen) atoms. The lowest BCUT2D eigenvalue weighted by atomic mass is 10.2. The van der Waals surface area contributed by atoms with Gasteiger partial charge >= 0.3 is 0 Å². The molecule has 2 aromatic heterocycles. The van der Waals surface area contributed by atoms with E-state index in [2.05, 4.69) is 15.4 Å². The van der Waals surface area contributed by atoms with Crippen LogP contribution in [0, 0.1) is 0 Å². The predicted molar refractivity (Wildman–Crippen MR) is 103 cm³/mol. The van der Waals surface area contributed by atoms with Crippen molar-refractivity contribution in [3.05, 3.63) is 52.7 Å². The minimum Gasteiger partial charge on any atom is -0.339 e. The molecule has 1 aromatic carbocycles. The monoisotopic (exact) mass is 380 g/mol. The minimum absolute atomic E-state index is 0.0118. The summed E-state index contributed by atoms with van der Waals surface area (Å²) in [5.41, 5.74) is 1.31. The van der Waals surface area contributed by atoms with E-state index in [4.69, 9.17) is 0 Å². The van der Waals surface area contributed by atoms with Gasteiger partial charge in [0.2, 0.25) is 5.91 Å². The van der Waals surface area contributed by atoms with Gasteiger partial charge < -0.3 is 10.2 Å². The molecule has 1 aliphatic rings. The number of fused-ring (bicyclic) bond motifs is 1. The SMILES string of the molecule is Cn1ncc2c(=O)n(CC(=O)Nc3ccc(C(=O)N4CCCC4)cc3)cnc21. The number of hydrogen-bond acceptors (Lipinski definition) is 5. The molecule has 0 aliphatic carbocycles. The molecular weight excluding hydrogens is 360 g/mol. The second kappa shape index (κ2) is 7.26. The van der Waals surface area contributed by atoms with Crippen molar-refractivity contribution in [2.45, 2.75) is 19.4 Å². The van der Waals surface area contributed by atoms with Crippen LogP contribution in [-0.2, 0) is 18.4 Å². The van der Waals surface area contributed by atoms with Crippen LogP contribution >= 0.6 is 0 Å². The third kappa shape index (κ3) is 3.38. The van der Waals surface area contributed by atoms with Gasteiger partial charge in [-0.1, -0.05) is 0 Å². The molecule has 1 fully saturated rings. The number of aromatic nitrogens is 4. The summed E-state index contributed by atoms with van der Waals surface area (Å²) in [5, 5.41) is 7.10. The van der Waals surface area contributed by atoms with E-state index in [1.54, 1.807) is 31.3 Å². The lowest BCUT2D eigenvalue weighted by molar-refractivity contribution is -0.116. The molecule has 144 valence electrons. The molecule has 9 heteroatoms. The summed E-state index contributed by atoms with van der Waals surface area (Å²) in [5.74, 6) is -0.344. The highest BCUT2D eigenvalue weighted by Gasteiger charge is 2.19. The Hall–Kier alpha value is -3.49. The van der Waals surface area contributed by atoms with Gasteiger partial charge in [0.1, 0.15) is 18.3 Å². The maximum absolute atomic E-state index is 12.4. The van der Waals surface area contributed by atoms with Crippen LogP contribution in [0.5, 0.6) is 0 Å². The van der Waals surface area contributed by atoms with Gasteiger partial charge in [-0.05, 0) is 37.1 Å². The van der Waals surface area contributed by atoms with Gasteiger partial charge in [0.05, 0.1) is 6.20 Å². The first-order valence-electron chi connectivity index (χ1n) is 9.09. The third-order valence-corrected chi connectivity index (χ3v) is 4.84. The highest BCUT2D eigenvalue weighted by atomic mass is 16.2. The number of anilines is 1. The molecule has 3 aromatic rings. The number of likely N-dealkylation sites (tertiary alicyclic amines) is 1. The minimum atomic E-state index is -0.356. The second-order valence-electron chi connectivity index (χ2n) is 6.81. The van der Waals surface area contributed by atoms with Gasteiger partial charge in [0.25, 0.3) is 11.5 Å². The van der Waals surface area contributed by atoms with Crippen molar-refractivity contribution in [2.24, 2.45) is 7.05 Å². The fourth-order valence-electron chi connectivity index (χ4n) is 3.33. The molecule has 1 saturated heterocycles. The molecule has 3 heterocycles. The first kappa shape index (κ1) is 17.9. The average molecular weight is 380 g/mol. The number of carbonyl (C=O) groups is 2. The van der Waals surface area contributed by atoms with Crippen LogP contribution in [0.25, 0.3) is 11.0 Å². The maximum atomic E-state index is 12.4. The zero-order valence-electron chi connectivity index (χ0n) is 15.5. The summed E-state index contributed by atoms with van der Waals surface area (Å²) in [6, 6.07) is 6.77. The molecule has 0 saturated carbocycles. The normalized spacial score (nSPS) is 13.8. The Kier molecular flexibility index (Phi) is 4.64. The molecule has 0 radical (unpaired) electrons. The zero-order chi connectivity index (χ0) is 19.7. The number of nitrogens with one attached hydrogen (secondary N) is 1. The number of aryl methyl sites for hydroxylation is 1. The maximum Gasteiger partial charge on any atom is 0.264 e. The van der Waals surface area contributed by atoms with E-state index < -0.39 is 0 Å². The zero-order valence-corrected chi connectivity index (χ0v) is 15.5. The summed E-state index contributed by atoms with van der Waals surface area (Å²) in [6.45, 7) is 1.42. The Bertz CT molecular complexity index is 1090. The molecular formula is C19H20N6O3. The van der Waals surface area contributed by atoms with Crippen molar-refractivity contribution >= 4 is 28.5 Å². The summed E-state index contributed by atoms with van der Waals surface area (Å²) in [7, 11) is 1.70. The topological polar surface area (TPSA) is 102 Å². The molecule has 0 spiro atoms. The van der Waals surface area contributed by atoms with Gasteiger partial charge in [-0.2, -0.15) is 5.10 Å². The van der Waals surface area contributed by atoms with E-state index in [-0.39, 0.29) is 23.9 Å². The van der Waals surface area contributed by atoms with E-state index in [0.717, 1.165) is 25.9 Å². The van der Waals surface area contributed by atoms with E-state index in [0.29, 0.717) is 22.3 Å². The number of amides is 2. The summed E-state index contributed by atoms with van der Waals surface area (Å²) in [6.07, 6.45) is 4.86. The van der Waals surface area contributed by atoms with E-state index in [1.165, 1.54) is 21.8 Å². The van der Waals surface area contributed by atoms with Crippen LogP contribution in [0.3, 0.4) is 0 Å². The van der Waals surface area contributed by atoms with E-state index in [1.807, 2.05) is 4.90 Å². The molecule has 0 atom stereocenters. The largest absolute Gasteiger partial charge is 0.339 e. The van der Waals surface area contributed by atoms with Crippen molar-refractivity contribution in [1.82, 2.24) is 24.2 Å². The van der Waals surface area contributed by atoms with E-state index >= 15 is 0 Å². The smallest absolute Gasteiger partial charge is 0.264 e. The molecule has 1 aliphatic heterocycles. The standard InChI is InChI=1S/C19H20N6O3/c1-23-17-15(10-21-23)19(28)25(12-20-17)11-16(26)22-14-6-4-13(5-7-14)18(27)24-8-2-3-9-24/h4-7,10,12H,2-3,8-9,11H2,1H3,(H,22,26). The number of nitrogens with zero attached hydrogens (tertiary/aromatic N) is 5. The van der Waals surface area contributed by atoms with Crippen LogP contribution in [0.2, 0.25) is 0 Å². The molecule has 0 unspecified atom stereocenters. The van der Waals surface area contributed by atoms with Crippen molar-refractivity contribution in [2.75, 3.05) is 18.4 Å². The summed E-state index contributed by atoms with van der Waals surface area (Å²) >= 11 is 0. The van der Waals surface area contributed by atoms with Crippen LogP contribution in [0.1, 0.15) is 23.2 Å². The van der Waals surface area contributed by atoms with Crippen LogP contribution in [0.15, 0.2) is 41.6 Å². The van der Waals surface area contributed by atoms with Gasteiger partial charge in [-0.3, -0.25) is 23.6 Å². The Morgan fingerprint density at radius 1 is 1.14 bits per heavy atom. The summed E-state index contributed by atoms with van der Waals surface area (Å²) in [4.78, 5) is 43.1. The van der Waals surface area contributed by atoms with Gasteiger partial charge in [0.15, 0.2) is 5.65 Å². The number of rotatable bonds is 4. The Morgan fingerprint density at radius 2 is 1.86 bits per heavy atom. The summed E-state index contributed by atoms with van der Waals surface area (Å²) < 4.78 is 2.75. The highest BCUT2D eigenvalue weighted by Crippen LogP contribution is 2.15. The van der Waals surface area contributed by atoms with Crippen LogP contribution < -0.4 is 10.9 Å². The van der Waals surface area contributed by atoms with Crippen LogP contribution in [-0.4, -0.2) is 49.1 Å². The lowest BCUT2D eigenvalue weighted by Crippen LogP contribution is -2.28. The molecule has 1 N–H and O–H groups in total. The predicted octanol–water partition coefficient (Wildman–Crippen LogP) is 1.00. The van der Waals surface area contributed by atoms with Crippen molar-refractivity contribution in [3.63, 3.8) is 0 Å². The Balaban J connectivity index is 1.43. The van der Waals surface area contributed by atoms with Crippen molar-refractivity contribution < 1.29 is 9.59 Å². The molecule has 2 amide bonds. The fourth-order valence-corrected chi connectivity index (χ4v) is 3.33. The lowest BCUT2D eigenvalue weighted by Gasteiger charge is -2.15. The molecule has 0 bridgehead atoms. The average Bonchev–Trinajstić information content (AvgIpc) is 3.35. The third-order valence-electron chi connectivity index (χ3n) is 4.84. The second-order valence-corrected chi connectivity index (χ2v) is 6.81. The van der Waals surface area contributed by atoms with Gasteiger partial charge in [-0.15, -0.1) is 0 Å². The van der Waals surface area contributed by atoms with E-state index in [9.17, 15) is 14.4 Å². The first-order valence-corrected chi connectivity index (χ1v) is 9.09. The molecule has 4 rings (SSSR count).